The first-order valence-corrected chi connectivity index (χ1v) is 17.9. The molecular weight excluding hydrogens is 641 g/mol. The van der Waals surface area contributed by atoms with Crippen LogP contribution in [0.1, 0.15) is 0 Å². The van der Waals surface area contributed by atoms with E-state index in [9.17, 15) is 0 Å². The van der Waals surface area contributed by atoms with Crippen molar-refractivity contribution in [3.05, 3.63) is 158 Å². The van der Waals surface area contributed by atoms with Gasteiger partial charge in [-0.1, -0.05) is 140 Å². The van der Waals surface area contributed by atoms with E-state index in [4.69, 9.17) is 19.9 Å². The van der Waals surface area contributed by atoms with Gasteiger partial charge in [0.2, 0.25) is 0 Å². The Balaban J connectivity index is 1.09. The van der Waals surface area contributed by atoms with E-state index in [2.05, 4.69) is 140 Å². The minimum absolute atomic E-state index is 0.634. The fraction of sp³-hybridized carbons (Fsp3) is 0. The Kier molecular flexibility index (Phi) is 6.09. The molecule has 0 aliphatic rings. The van der Waals surface area contributed by atoms with Crippen LogP contribution in [0.25, 0.3) is 109 Å². The van der Waals surface area contributed by atoms with Crippen molar-refractivity contribution in [3.63, 3.8) is 0 Å². The van der Waals surface area contributed by atoms with Crippen LogP contribution in [0.5, 0.6) is 0 Å². The van der Waals surface area contributed by atoms with Gasteiger partial charge in [0.1, 0.15) is 0 Å². The van der Waals surface area contributed by atoms with Crippen molar-refractivity contribution in [2.75, 3.05) is 0 Å². The number of rotatable bonds is 4. The Hall–Kier alpha value is -6.56. The number of benzene rings is 8. The highest BCUT2D eigenvalue weighted by molar-refractivity contribution is 7.26. The van der Waals surface area contributed by atoms with E-state index >= 15 is 0 Å². The Labute approximate surface area is 296 Å². The topological polar surface area (TPSA) is 51.6 Å². The summed E-state index contributed by atoms with van der Waals surface area (Å²) in [6.07, 6.45) is 0. The molecule has 0 N–H and O–H groups in total. The number of pyridine rings is 1. The molecule has 4 nitrogen and oxygen atoms in total. The fourth-order valence-electron chi connectivity index (χ4n) is 7.68. The Bertz CT molecular complexity index is 3110. The van der Waals surface area contributed by atoms with Crippen molar-refractivity contribution < 1.29 is 0 Å². The number of thiophene rings is 1. The summed E-state index contributed by atoms with van der Waals surface area (Å²) in [7, 11) is 0. The third-order valence-corrected chi connectivity index (χ3v) is 11.2. The van der Waals surface area contributed by atoms with Crippen molar-refractivity contribution in [2.45, 2.75) is 0 Å². The lowest BCUT2D eigenvalue weighted by Crippen LogP contribution is -2.01. The molecule has 0 atom stereocenters. The van der Waals surface area contributed by atoms with Gasteiger partial charge in [-0.2, -0.15) is 0 Å². The molecule has 0 unspecified atom stereocenters. The highest BCUT2D eigenvalue weighted by Crippen LogP contribution is 2.43. The highest BCUT2D eigenvalue weighted by atomic mass is 32.1. The van der Waals surface area contributed by atoms with Gasteiger partial charge in [0.25, 0.3) is 0 Å². The van der Waals surface area contributed by atoms with Gasteiger partial charge in [0.05, 0.1) is 15.9 Å². The molecule has 0 fully saturated rings. The molecule has 0 bridgehead atoms. The second-order valence-corrected chi connectivity index (χ2v) is 14.1. The largest absolute Gasteiger partial charge is 0.246 e. The summed E-state index contributed by atoms with van der Waals surface area (Å²) in [6.45, 7) is 0. The molecule has 0 saturated heterocycles. The van der Waals surface area contributed by atoms with Gasteiger partial charge in [-0.3, -0.25) is 0 Å². The smallest absolute Gasteiger partial charge is 0.164 e. The zero-order valence-corrected chi connectivity index (χ0v) is 28.0. The molecule has 236 valence electrons. The van der Waals surface area contributed by atoms with E-state index in [0.717, 1.165) is 38.9 Å². The van der Waals surface area contributed by atoms with Gasteiger partial charge in [-0.25, -0.2) is 19.9 Å². The molecule has 11 rings (SSSR count). The zero-order chi connectivity index (χ0) is 33.5. The fourth-order valence-corrected chi connectivity index (χ4v) is 8.91. The summed E-state index contributed by atoms with van der Waals surface area (Å²) < 4.78 is 2.46. The maximum Gasteiger partial charge on any atom is 0.164 e. The van der Waals surface area contributed by atoms with Crippen LogP contribution in [0.3, 0.4) is 0 Å². The Morgan fingerprint density at radius 3 is 1.76 bits per heavy atom. The summed E-state index contributed by atoms with van der Waals surface area (Å²) in [5.41, 5.74) is 5.91. The summed E-state index contributed by atoms with van der Waals surface area (Å²) in [5.74, 6) is 1.94. The quantitative estimate of drug-likeness (QED) is 0.175. The third kappa shape index (κ3) is 4.38. The van der Waals surface area contributed by atoms with Crippen molar-refractivity contribution in [1.29, 1.82) is 0 Å². The van der Waals surface area contributed by atoms with E-state index in [1.807, 2.05) is 18.2 Å². The van der Waals surface area contributed by atoms with Crippen LogP contribution in [0, 0.1) is 0 Å². The lowest BCUT2D eigenvalue weighted by atomic mass is 9.92. The molecule has 0 aliphatic heterocycles. The SMILES string of the molecule is c1ccc(-c2nc(-c3ccc(-c4nc5ccccc5c5c4sc4ccccc45)cc3)nc(-c3ccc4ccc5cccc6ccc3c4c56)n2)cc1. The van der Waals surface area contributed by atoms with Crippen LogP contribution < -0.4 is 0 Å². The monoisotopic (exact) mass is 666 g/mol. The molecule has 3 heterocycles. The minimum atomic E-state index is 0.634. The van der Waals surface area contributed by atoms with Crippen molar-refractivity contribution in [2.24, 2.45) is 0 Å². The maximum atomic E-state index is 5.21. The van der Waals surface area contributed by atoms with E-state index in [1.165, 1.54) is 52.5 Å². The van der Waals surface area contributed by atoms with Crippen molar-refractivity contribution in [1.82, 2.24) is 19.9 Å². The molecule has 5 heteroatoms. The predicted molar refractivity (Wildman–Crippen MR) is 213 cm³/mol. The molecular formula is C46H26N4S. The van der Waals surface area contributed by atoms with Gasteiger partial charge in [0, 0.05) is 43.1 Å². The zero-order valence-electron chi connectivity index (χ0n) is 27.2. The number of para-hydroxylation sites is 1. The molecule has 0 spiro atoms. The predicted octanol–water partition coefficient (Wildman–Crippen LogP) is 12.4. The summed E-state index contributed by atoms with van der Waals surface area (Å²) in [5, 5.41) is 11.1. The Morgan fingerprint density at radius 2 is 0.961 bits per heavy atom. The van der Waals surface area contributed by atoms with Gasteiger partial charge in [-0.15, -0.1) is 11.3 Å². The number of hydrogen-bond donors (Lipinski definition) is 0. The molecule has 0 aliphatic carbocycles. The van der Waals surface area contributed by atoms with Crippen molar-refractivity contribution in [3.8, 4) is 45.4 Å². The molecule has 3 aromatic heterocycles. The average molecular weight is 667 g/mol. The normalized spacial score (nSPS) is 11.9. The number of nitrogens with zero attached hydrogens (tertiary/aromatic N) is 4. The lowest BCUT2D eigenvalue weighted by molar-refractivity contribution is 1.08. The van der Waals surface area contributed by atoms with Crippen LogP contribution in [0.4, 0.5) is 0 Å². The minimum Gasteiger partial charge on any atom is -0.246 e. The van der Waals surface area contributed by atoms with Gasteiger partial charge >= 0.3 is 0 Å². The molecule has 0 radical (unpaired) electrons. The number of aromatic nitrogens is 4. The first-order valence-electron chi connectivity index (χ1n) is 17.1. The summed E-state index contributed by atoms with van der Waals surface area (Å²) in [4.78, 5) is 20.5. The van der Waals surface area contributed by atoms with Crippen LogP contribution >= 0.6 is 11.3 Å². The number of hydrogen-bond acceptors (Lipinski definition) is 5. The molecule has 8 aromatic carbocycles. The van der Waals surface area contributed by atoms with Gasteiger partial charge in [0.15, 0.2) is 17.5 Å². The van der Waals surface area contributed by atoms with Crippen LogP contribution in [-0.4, -0.2) is 19.9 Å². The van der Waals surface area contributed by atoms with E-state index < -0.39 is 0 Å². The van der Waals surface area contributed by atoms with E-state index in [0.29, 0.717) is 17.5 Å². The number of fused-ring (bicyclic) bond motifs is 5. The van der Waals surface area contributed by atoms with E-state index in [-0.39, 0.29) is 0 Å². The van der Waals surface area contributed by atoms with Gasteiger partial charge in [-0.05, 0) is 50.5 Å². The lowest BCUT2D eigenvalue weighted by Gasteiger charge is -2.14. The van der Waals surface area contributed by atoms with E-state index in [1.54, 1.807) is 11.3 Å². The summed E-state index contributed by atoms with van der Waals surface area (Å²) >= 11 is 1.81. The molecule has 51 heavy (non-hydrogen) atoms. The molecule has 11 aromatic rings. The highest BCUT2D eigenvalue weighted by Gasteiger charge is 2.19. The maximum absolute atomic E-state index is 5.21. The average Bonchev–Trinajstić information content (AvgIpc) is 3.60. The third-order valence-electron chi connectivity index (χ3n) is 10.1. The van der Waals surface area contributed by atoms with Gasteiger partial charge < -0.3 is 0 Å². The first-order chi connectivity index (χ1) is 25.3. The standard InChI is InChI=1S/C46H26N4S/c1-2-9-31(10-3-1)44-48-45(50-46(49-44)34-26-24-29-18-17-27-11-8-12-28-23-25-33(34)40(29)39(27)28)32-21-19-30(20-22-32)42-43-41(35-13-4-6-15-37(35)47-42)36-14-5-7-16-38(36)51-43/h1-26H. The van der Waals surface area contributed by atoms with Crippen LogP contribution in [0.15, 0.2) is 158 Å². The molecule has 0 saturated carbocycles. The van der Waals surface area contributed by atoms with Crippen LogP contribution in [-0.2, 0) is 0 Å². The second-order valence-electron chi connectivity index (χ2n) is 13.0. The Morgan fingerprint density at radius 1 is 0.353 bits per heavy atom. The second kappa shape index (κ2) is 11.0. The molecule has 0 amide bonds. The van der Waals surface area contributed by atoms with Crippen LogP contribution in [0.2, 0.25) is 0 Å². The first kappa shape index (κ1) is 28.3. The van der Waals surface area contributed by atoms with Crippen molar-refractivity contribution >= 4 is 74.7 Å². The summed E-state index contributed by atoms with van der Waals surface area (Å²) in [6, 6.07) is 55.5.